The van der Waals surface area contributed by atoms with Gasteiger partial charge in [0.25, 0.3) is 5.91 Å². The first-order valence-corrected chi connectivity index (χ1v) is 10.00. The van der Waals surface area contributed by atoms with Gasteiger partial charge >= 0.3 is 5.97 Å². The molecule has 0 saturated heterocycles. The van der Waals surface area contributed by atoms with E-state index in [-0.39, 0.29) is 12.2 Å². The van der Waals surface area contributed by atoms with E-state index in [2.05, 4.69) is 5.32 Å². The maximum atomic E-state index is 12.9. The highest BCUT2D eigenvalue weighted by molar-refractivity contribution is 5.99. The van der Waals surface area contributed by atoms with Crippen molar-refractivity contribution in [2.45, 2.75) is 32.3 Å². The van der Waals surface area contributed by atoms with Crippen molar-refractivity contribution >= 4 is 11.9 Å². The van der Waals surface area contributed by atoms with Gasteiger partial charge in [0.2, 0.25) is 0 Å². The topological polar surface area (TPSA) is 84.9 Å². The van der Waals surface area contributed by atoms with Crippen molar-refractivity contribution in [2.75, 3.05) is 0 Å². The lowest BCUT2D eigenvalue weighted by atomic mass is 10.1. The highest BCUT2D eigenvalue weighted by Gasteiger charge is 2.28. The van der Waals surface area contributed by atoms with Gasteiger partial charge in [0.15, 0.2) is 6.04 Å². The number of benzene rings is 3. The Balaban J connectivity index is 1.65. The van der Waals surface area contributed by atoms with Crippen molar-refractivity contribution in [3.63, 3.8) is 0 Å². The largest absolute Gasteiger partial charge is 0.488 e. The van der Waals surface area contributed by atoms with E-state index in [4.69, 9.17) is 9.47 Å². The number of esters is 1. The molecule has 0 heterocycles. The molecule has 0 aliphatic heterocycles. The lowest BCUT2D eigenvalue weighted by molar-refractivity contribution is -0.150. The molecule has 2 atom stereocenters. The Labute approximate surface area is 181 Å². The van der Waals surface area contributed by atoms with E-state index in [0.717, 1.165) is 11.1 Å². The molecule has 0 saturated carbocycles. The first-order chi connectivity index (χ1) is 15.0. The van der Waals surface area contributed by atoms with Crippen molar-refractivity contribution < 1.29 is 24.2 Å². The molecular weight excluding hydrogens is 394 g/mol. The molecule has 3 rings (SSSR count). The maximum absolute atomic E-state index is 12.9. The number of hydrogen-bond donors (Lipinski definition) is 2. The van der Waals surface area contributed by atoms with Crippen LogP contribution < -0.4 is 10.1 Å². The second kappa shape index (κ2) is 10.9. The standard InChI is InChI=1S/C25H25NO5/c1-18(27)23(25(29)31-17-20-12-6-3-7-13-20)26-24(28)21-14-8-9-15-22(21)30-16-19-10-4-2-5-11-19/h2-15,18,23,27H,16-17H2,1H3,(H,26,28)/t18?,23-/m0/s1. The van der Waals surface area contributed by atoms with Crippen molar-refractivity contribution in [3.8, 4) is 5.75 Å². The van der Waals surface area contributed by atoms with Gasteiger partial charge in [-0.1, -0.05) is 72.8 Å². The van der Waals surface area contributed by atoms with Gasteiger partial charge < -0.3 is 19.9 Å². The van der Waals surface area contributed by atoms with Gasteiger partial charge in [-0.15, -0.1) is 0 Å². The predicted octanol–water partition coefficient (Wildman–Crippen LogP) is 3.49. The van der Waals surface area contributed by atoms with E-state index in [1.807, 2.05) is 60.7 Å². The van der Waals surface area contributed by atoms with Crippen LogP contribution in [0.5, 0.6) is 5.75 Å². The number of hydrogen-bond acceptors (Lipinski definition) is 5. The fourth-order valence-corrected chi connectivity index (χ4v) is 2.93. The Morgan fingerprint density at radius 3 is 2.00 bits per heavy atom. The minimum Gasteiger partial charge on any atom is -0.488 e. The van der Waals surface area contributed by atoms with E-state index in [1.165, 1.54) is 6.92 Å². The van der Waals surface area contributed by atoms with Gasteiger partial charge in [-0.25, -0.2) is 4.79 Å². The van der Waals surface area contributed by atoms with Gasteiger partial charge in [0.1, 0.15) is 19.0 Å². The fraction of sp³-hybridized carbons (Fsp3) is 0.200. The number of aliphatic hydroxyl groups excluding tert-OH is 1. The highest BCUT2D eigenvalue weighted by Crippen LogP contribution is 2.20. The minimum atomic E-state index is -1.21. The van der Waals surface area contributed by atoms with Crippen LogP contribution in [0.15, 0.2) is 84.9 Å². The molecule has 2 N–H and O–H groups in total. The Hall–Kier alpha value is -3.64. The van der Waals surface area contributed by atoms with Crippen molar-refractivity contribution in [2.24, 2.45) is 0 Å². The summed E-state index contributed by atoms with van der Waals surface area (Å²) in [7, 11) is 0. The monoisotopic (exact) mass is 419 g/mol. The van der Waals surface area contributed by atoms with E-state index in [9.17, 15) is 14.7 Å². The van der Waals surface area contributed by atoms with E-state index >= 15 is 0 Å². The zero-order valence-electron chi connectivity index (χ0n) is 17.2. The van der Waals surface area contributed by atoms with Gasteiger partial charge in [0.05, 0.1) is 11.7 Å². The molecule has 0 aliphatic rings. The number of amides is 1. The van der Waals surface area contributed by atoms with Crippen LogP contribution in [0.25, 0.3) is 0 Å². The Bertz CT molecular complexity index is 989. The zero-order chi connectivity index (χ0) is 22.1. The van der Waals surface area contributed by atoms with Crippen LogP contribution in [0.3, 0.4) is 0 Å². The Morgan fingerprint density at radius 2 is 1.39 bits per heavy atom. The minimum absolute atomic E-state index is 0.0511. The summed E-state index contributed by atoms with van der Waals surface area (Å²) >= 11 is 0. The van der Waals surface area contributed by atoms with Crippen molar-refractivity contribution in [3.05, 3.63) is 102 Å². The smallest absolute Gasteiger partial charge is 0.331 e. The molecule has 0 aliphatic carbocycles. The third kappa shape index (κ3) is 6.42. The van der Waals surface area contributed by atoms with Crippen LogP contribution in [0.2, 0.25) is 0 Å². The molecule has 3 aromatic rings. The van der Waals surface area contributed by atoms with Crippen molar-refractivity contribution in [1.29, 1.82) is 0 Å². The van der Waals surface area contributed by atoms with Gasteiger partial charge in [0, 0.05) is 0 Å². The number of carbonyl (C=O) groups is 2. The van der Waals surface area contributed by atoms with Gasteiger partial charge in [-0.3, -0.25) is 4.79 Å². The molecule has 6 heteroatoms. The fourth-order valence-electron chi connectivity index (χ4n) is 2.93. The number of rotatable bonds is 9. The van der Waals surface area contributed by atoms with E-state index in [0.29, 0.717) is 12.4 Å². The second-order valence-electron chi connectivity index (χ2n) is 7.06. The lowest BCUT2D eigenvalue weighted by Crippen LogP contribution is -2.48. The van der Waals surface area contributed by atoms with Crippen LogP contribution in [0.1, 0.15) is 28.4 Å². The summed E-state index contributed by atoms with van der Waals surface area (Å²) < 4.78 is 11.1. The normalized spacial score (nSPS) is 12.5. The SMILES string of the molecule is CC(O)[C@H](NC(=O)c1ccccc1OCc1ccccc1)C(=O)OCc1ccccc1. The number of para-hydroxylation sites is 1. The number of ether oxygens (including phenoxy) is 2. The van der Waals surface area contributed by atoms with E-state index in [1.54, 1.807) is 24.3 Å². The summed E-state index contributed by atoms with van der Waals surface area (Å²) in [4.78, 5) is 25.4. The van der Waals surface area contributed by atoms with Crippen LogP contribution in [-0.4, -0.2) is 29.1 Å². The lowest BCUT2D eigenvalue weighted by Gasteiger charge is -2.21. The highest BCUT2D eigenvalue weighted by atomic mass is 16.5. The molecule has 0 radical (unpaired) electrons. The Morgan fingerprint density at radius 1 is 0.839 bits per heavy atom. The quantitative estimate of drug-likeness (QED) is 0.519. The third-order valence-corrected chi connectivity index (χ3v) is 4.62. The maximum Gasteiger partial charge on any atom is 0.331 e. The zero-order valence-corrected chi connectivity index (χ0v) is 17.2. The molecule has 31 heavy (non-hydrogen) atoms. The summed E-state index contributed by atoms with van der Waals surface area (Å²) in [6.07, 6.45) is -1.13. The first kappa shape index (κ1) is 22.1. The van der Waals surface area contributed by atoms with Crippen molar-refractivity contribution in [1.82, 2.24) is 5.32 Å². The summed E-state index contributed by atoms with van der Waals surface area (Å²) in [6.45, 7) is 1.77. The summed E-state index contributed by atoms with van der Waals surface area (Å²) in [6, 6.07) is 24.3. The van der Waals surface area contributed by atoms with Crippen LogP contribution in [0, 0.1) is 0 Å². The second-order valence-corrected chi connectivity index (χ2v) is 7.06. The molecule has 1 amide bonds. The molecule has 3 aromatic carbocycles. The first-order valence-electron chi connectivity index (χ1n) is 10.00. The molecule has 0 spiro atoms. The number of aliphatic hydroxyl groups is 1. The predicted molar refractivity (Wildman–Crippen MR) is 116 cm³/mol. The van der Waals surface area contributed by atoms with E-state index < -0.39 is 24.0 Å². The molecule has 0 bridgehead atoms. The van der Waals surface area contributed by atoms with Gasteiger partial charge in [-0.05, 0) is 30.2 Å². The molecule has 0 aromatic heterocycles. The average Bonchev–Trinajstić information content (AvgIpc) is 2.81. The number of carbonyl (C=O) groups excluding carboxylic acids is 2. The molecule has 6 nitrogen and oxygen atoms in total. The Kier molecular flexibility index (Phi) is 7.79. The summed E-state index contributed by atoms with van der Waals surface area (Å²) in [5.74, 6) is -0.869. The summed E-state index contributed by atoms with van der Waals surface area (Å²) in [5.41, 5.74) is 2.04. The third-order valence-electron chi connectivity index (χ3n) is 4.62. The molecular formula is C25H25NO5. The van der Waals surface area contributed by atoms with Crippen LogP contribution in [0.4, 0.5) is 0 Å². The van der Waals surface area contributed by atoms with Crippen LogP contribution >= 0.6 is 0 Å². The van der Waals surface area contributed by atoms with Crippen LogP contribution in [-0.2, 0) is 22.7 Å². The van der Waals surface area contributed by atoms with Gasteiger partial charge in [-0.2, -0.15) is 0 Å². The molecule has 160 valence electrons. The number of nitrogens with one attached hydrogen (secondary N) is 1. The average molecular weight is 419 g/mol. The molecule has 1 unspecified atom stereocenters. The summed E-state index contributed by atoms with van der Waals surface area (Å²) in [5, 5.41) is 12.6. The molecule has 0 fully saturated rings.